The molecule has 0 saturated carbocycles. The van der Waals surface area contributed by atoms with Gasteiger partial charge in [-0.25, -0.2) is 0 Å². The van der Waals surface area contributed by atoms with Gasteiger partial charge in [0.2, 0.25) is 29.5 Å². The molecule has 0 saturated heterocycles. The Balaban J connectivity index is 1.75. The Labute approximate surface area is 492 Å². The number of nitrogens with two attached hydrogens (primary N) is 1. The number of carbonyl (C=O) groups is 13. The molecule has 12 N–H and O–H groups in total. The Morgan fingerprint density at radius 3 is 1.18 bits per heavy atom. The lowest BCUT2D eigenvalue weighted by Gasteiger charge is -2.23. The third kappa shape index (κ3) is 21.7. The third-order valence-electron chi connectivity index (χ3n) is 11.7. The van der Waals surface area contributed by atoms with E-state index < -0.39 is 166 Å². The molecule has 446 valence electrons. The van der Waals surface area contributed by atoms with Gasteiger partial charge in [-0.1, -0.05) is 79.5 Å². The number of nitrogens with one attached hydrogen (secondary N) is 6. The summed E-state index contributed by atoms with van der Waals surface area (Å²) >= 11 is 25.1. The minimum atomic E-state index is -1.87. The molecule has 0 aliphatic carbocycles. The molecule has 3 aromatic carbocycles. The highest BCUT2D eigenvalue weighted by Crippen LogP contribution is 2.37. The Hall–Kier alpha value is -8.59. The number of carboxylic acid groups (broad SMARTS) is 4. The van der Waals surface area contributed by atoms with Crippen LogP contribution in [0.25, 0.3) is 0 Å². The molecule has 0 radical (unpaired) electrons. The van der Waals surface area contributed by atoms with Gasteiger partial charge in [-0.15, -0.1) is 0 Å². The zero-order valence-corrected chi connectivity index (χ0v) is 47.3. The Morgan fingerprint density at radius 2 is 0.867 bits per heavy atom. The summed E-state index contributed by atoms with van der Waals surface area (Å²) in [6, 6.07) is 1.74. The highest BCUT2D eigenvalue weighted by atomic mass is 35.5. The summed E-state index contributed by atoms with van der Waals surface area (Å²) in [4.78, 5) is 164. The fraction of sp³-hybridized carbons (Fsp3) is 0.340. The van der Waals surface area contributed by atoms with Crippen LogP contribution < -0.4 is 47.1 Å². The van der Waals surface area contributed by atoms with Gasteiger partial charge in [-0.2, -0.15) is 0 Å². The molecule has 0 spiro atoms. The van der Waals surface area contributed by atoms with Crippen LogP contribution in [-0.4, -0.2) is 135 Å². The second-order valence-electron chi connectivity index (χ2n) is 17.9. The summed E-state index contributed by atoms with van der Waals surface area (Å²) in [5.74, 6) is -14.9. The van der Waals surface area contributed by atoms with Gasteiger partial charge in [-0.3, -0.25) is 62.3 Å². The number of hydrogen-bond donors (Lipinski definition) is 11. The maximum absolute atomic E-state index is 13.6. The molecule has 0 aliphatic heterocycles. The quantitative estimate of drug-likeness (QED) is 0.0295. The van der Waals surface area contributed by atoms with Crippen molar-refractivity contribution in [2.45, 2.75) is 102 Å². The van der Waals surface area contributed by atoms with Gasteiger partial charge < -0.3 is 67.5 Å². The number of aliphatic carboxylic acids is 4. The molecular weight excluding hydrogens is 1180 g/mol. The highest BCUT2D eigenvalue weighted by molar-refractivity contribution is 6.46. The lowest BCUT2D eigenvalue weighted by molar-refractivity contribution is -0.142. The largest absolute Gasteiger partial charge is 0.482 e. The predicted octanol–water partition coefficient (Wildman–Crippen LogP) is 3.71. The fourth-order valence-electron chi connectivity index (χ4n) is 7.22. The first kappa shape index (κ1) is 68.7. The van der Waals surface area contributed by atoms with Gasteiger partial charge in [0.05, 0.1) is 22.9 Å². The summed E-state index contributed by atoms with van der Waals surface area (Å²) in [6.07, 6.45) is -3.96. The van der Waals surface area contributed by atoms with Crippen molar-refractivity contribution >= 4 is 123 Å². The Morgan fingerprint density at radius 1 is 0.506 bits per heavy atom. The molecule has 0 aromatic heterocycles. The number of rotatable bonds is 35. The molecule has 0 heterocycles. The molecule has 3 rings (SSSR count). The van der Waals surface area contributed by atoms with Gasteiger partial charge in [0.25, 0.3) is 11.8 Å². The topological polar surface area (TPSA) is 419 Å². The maximum Gasteiger partial charge on any atom is 0.305 e. The molecular formula is C53H57Cl4N7O19. The number of halogens is 4. The maximum atomic E-state index is 13.6. The smallest absolute Gasteiger partial charge is 0.305 e. The molecule has 0 unspecified atom stereocenters. The van der Waals surface area contributed by atoms with Crippen molar-refractivity contribution in [1.29, 1.82) is 0 Å². The van der Waals surface area contributed by atoms with E-state index >= 15 is 0 Å². The minimum absolute atomic E-state index is 0.0109. The number of amides is 7. The van der Waals surface area contributed by atoms with Crippen LogP contribution in [0.2, 0.25) is 20.1 Å². The monoisotopic (exact) mass is 1240 g/mol. The van der Waals surface area contributed by atoms with E-state index in [4.69, 9.17) is 61.6 Å². The van der Waals surface area contributed by atoms with Crippen LogP contribution in [0.3, 0.4) is 0 Å². The first-order valence-electron chi connectivity index (χ1n) is 24.7. The molecule has 83 heavy (non-hydrogen) atoms. The lowest BCUT2D eigenvalue weighted by atomic mass is 10.0. The van der Waals surface area contributed by atoms with Crippen LogP contribution in [0.5, 0.6) is 11.5 Å². The number of ketones is 2. The molecule has 30 heteroatoms. The summed E-state index contributed by atoms with van der Waals surface area (Å²) < 4.78 is 10.8. The van der Waals surface area contributed by atoms with Crippen molar-refractivity contribution in [1.82, 2.24) is 31.9 Å². The lowest BCUT2D eigenvalue weighted by Crippen LogP contribution is -2.54. The van der Waals surface area contributed by atoms with E-state index in [2.05, 4.69) is 45.1 Å². The van der Waals surface area contributed by atoms with Crippen molar-refractivity contribution in [2.24, 2.45) is 5.73 Å². The summed E-state index contributed by atoms with van der Waals surface area (Å²) in [6.45, 7) is 8.08. The highest BCUT2D eigenvalue weighted by Gasteiger charge is 2.32. The molecule has 0 bridgehead atoms. The predicted molar refractivity (Wildman–Crippen MR) is 296 cm³/mol. The first-order valence-corrected chi connectivity index (χ1v) is 26.2. The van der Waals surface area contributed by atoms with Crippen molar-refractivity contribution in [3.8, 4) is 11.5 Å². The third-order valence-corrected chi connectivity index (χ3v) is 13.4. The molecule has 26 nitrogen and oxygen atoms in total. The molecule has 0 fully saturated rings. The zero-order valence-electron chi connectivity index (χ0n) is 44.3. The van der Waals surface area contributed by atoms with Crippen LogP contribution in [0, 0.1) is 0 Å². The van der Waals surface area contributed by atoms with Crippen LogP contribution in [0.4, 0.5) is 0 Å². The summed E-state index contributed by atoms with van der Waals surface area (Å²) in [7, 11) is 0. The standard InChI is InChI=1S/C53H57Cl4N7O19/c1-5-24(3)47(75)29-7-11-35(45(56)43(29)54)82-22-37(65)61-33(18-41(71)72)52(80)63-31(9-13-39(67)68)50(78)59-20-26-15-27(17-28(16-26)49(58)77)21-60-51(79)32(10-14-40(69)70)64-53(81)34(19-42(73)74)62-38(66)23-83-36-12-8-30(44(55)46(36)57)48(76)25(4)6-2/h7-8,11-12,15-17,31-34H,3-6,9-10,13-14,18-23H2,1-2H3,(H2,58,77)(H,59,78)(H,60,79)(H,61,65)(H,62,66)(H,63,80)(H,64,81)(H,67,68)(H,69,70)(H,71,72)(H,73,74)/t31-,32-,33-,34-/m0/s1. The van der Waals surface area contributed by atoms with Crippen LogP contribution in [0.15, 0.2) is 66.8 Å². The Bertz CT molecular complexity index is 2910. The summed E-state index contributed by atoms with van der Waals surface area (Å²) in [5.41, 5.74) is 6.12. The van der Waals surface area contributed by atoms with Crippen molar-refractivity contribution < 1.29 is 92.2 Å². The molecule has 3 aromatic rings. The van der Waals surface area contributed by atoms with E-state index in [0.29, 0.717) is 12.8 Å². The normalized spacial score (nSPS) is 12.1. The van der Waals surface area contributed by atoms with Crippen molar-refractivity contribution in [2.75, 3.05) is 13.2 Å². The van der Waals surface area contributed by atoms with E-state index in [-0.39, 0.29) is 70.6 Å². The van der Waals surface area contributed by atoms with E-state index in [9.17, 15) is 82.8 Å². The number of primary amides is 1. The second-order valence-corrected chi connectivity index (χ2v) is 19.4. The fourth-order valence-corrected chi connectivity index (χ4v) is 8.14. The van der Waals surface area contributed by atoms with Crippen LogP contribution in [0.1, 0.15) is 107 Å². The SMILES string of the molecule is C=C(CC)C(=O)c1ccc(OCC(=O)N[C@@H](CC(=O)O)C(=O)N[C@@H](CCC(=O)O)C(=O)NCc2cc(CNC(=O)[C@H](CCC(=O)O)NC(=O)[C@H](CC(=O)O)NC(=O)COc3ccc(C(=O)C(=C)CC)c(Cl)c3Cl)cc(C(N)=O)c2)c(Cl)c1Cl. The van der Waals surface area contributed by atoms with Gasteiger partial charge in [0, 0.05) is 42.6 Å². The number of ether oxygens (including phenoxy) is 2. The van der Waals surface area contributed by atoms with E-state index in [1.165, 1.54) is 42.5 Å². The van der Waals surface area contributed by atoms with E-state index in [1.807, 2.05) is 0 Å². The van der Waals surface area contributed by atoms with Crippen LogP contribution in [-0.2, 0) is 61.0 Å². The Kier molecular flexibility index (Phi) is 27.1. The average molecular weight is 1240 g/mol. The van der Waals surface area contributed by atoms with E-state index in [0.717, 1.165) is 0 Å². The molecule has 0 aliphatic rings. The van der Waals surface area contributed by atoms with Gasteiger partial charge in [-0.05, 0) is 84.4 Å². The number of Topliss-reactive ketones (excluding diaryl/α,β-unsaturated/α-hetero) is 2. The minimum Gasteiger partial charge on any atom is -0.482 e. The number of benzene rings is 3. The van der Waals surface area contributed by atoms with Crippen molar-refractivity contribution in [3.05, 3.63) is 115 Å². The van der Waals surface area contributed by atoms with Gasteiger partial charge >= 0.3 is 23.9 Å². The van der Waals surface area contributed by atoms with Gasteiger partial charge in [0.1, 0.15) is 45.7 Å². The number of allylic oxidation sites excluding steroid dienone is 2. The van der Waals surface area contributed by atoms with E-state index in [1.54, 1.807) is 13.8 Å². The number of hydrogen-bond acceptors (Lipinski definition) is 15. The molecule has 4 atom stereocenters. The molecule has 7 amide bonds. The van der Waals surface area contributed by atoms with Crippen LogP contribution >= 0.6 is 46.4 Å². The first-order chi connectivity index (χ1) is 39.0. The number of carbonyl (C=O) groups excluding carboxylic acids is 9. The second kappa shape index (κ2) is 32.8. The average Bonchev–Trinajstić information content (AvgIpc) is 3.48. The van der Waals surface area contributed by atoms with Gasteiger partial charge in [0.15, 0.2) is 24.8 Å². The zero-order chi connectivity index (χ0) is 62.4. The summed E-state index contributed by atoms with van der Waals surface area (Å²) in [5, 5.41) is 50.7. The van der Waals surface area contributed by atoms with Crippen molar-refractivity contribution in [3.63, 3.8) is 0 Å². The number of carboxylic acids is 4.